The molecule has 2 aromatic rings. The third-order valence-corrected chi connectivity index (χ3v) is 3.76. The lowest BCUT2D eigenvalue weighted by Gasteiger charge is -2.36. The normalized spacial score (nSPS) is 20.7. The van der Waals surface area contributed by atoms with E-state index in [0.717, 1.165) is 11.3 Å². The molecule has 1 aliphatic rings. The number of nitrogens with zero attached hydrogens (tertiary/aromatic N) is 4. The number of nitrogens with one attached hydrogen (secondary N) is 2. The predicted molar refractivity (Wildman–Crippen MR) is 94.4 cm³/mol. The van der Waals surface area contributed by atoms with E-state index < -0.39 is 5.79 Å². The highest BCUT2D eigenvalue weighted by Gasteiger charge is 2.36. The molecule has 0 saturated heterocycles. The zero-order chi connectivity index (χ0) is 17.9. The lowest BCUT2D eigenvalue weighted by molar-refractivity contribution is -0.118. The number of allylic oxidation sites excluding steroid dienone is 1. The zero-order valence-electron chi connectivity index (χ0n) is 14.4. The molecule has 2 heterocycles. The van der Waals surface area contributed by atoms with E-state index in [-0.39, 0.29) is 17.8 Å². The summed E-state index contributed by atoms with van der Waals surface area (Å²) in [6.45, 7) is 5.81. The van der Waals surface area contributed by atoms with Crippen molar-refractivity contribution in [3.05, 3.63) is 60.1 Å². The van der Waals surface area contributed by atoms with E-state index in [9.17, 15) is 4.79 Å². The van der Waals surface area contributed by atoms with E-state index >= 15 is 0 Å². The van der Waals surface area contributed by atoms with E-state index in [4.69, 9.17) is 0 Å². The Bertz CT molecular complexity index is 816. The molecule has 3 rings (SSSR count). The van der Waals surface area contributed by atoms with Gasteiger partial charge in [0.2, 0.25) is 5.79 Å². The van der Waals surface area contributed by atoms with E-state index in [1.807, 2.05) is 44.2 Å². The van der Waals surface area contributed by atoms with Crippen LogP contribution in [0.4, 0.5) is 5.95 Å². The largest absolute Gasteiger partial charge is 0.346 e. The molecule has 0 radical (unpaired) electrons. The molecule has 1 atom stereocenters. The molecule has 25 heavy (non-hydrogen) atoms. The van der Waals surface area contributed by atoms with Crippen LogP contribution in [0.5, 0.6) is 0 Å². The van der Waals surface area contributed by atoms with Crippen LogP contribution in [0, 0.1) is 5.92 Å². The summed E-state index contributed by atoms with van der Waals surface area (Å²) >= 11 is 0. The second kappa shape index (κ2) is 6.80. The first-order valence-corrected chi connectivity index (χ1v) is 8.09. The number of azo groups is 1. The molecule has 0 bridgehead atoms. The molecule has 0 aliphatic carbocycles. The fraction of sp³-hybridized carbons (Fsp3) is 0.278. The maximum atomic E-state index is 12.8. The van der Waals surface area contributed by atoms with Crippen LogP contribution in [-0.4, -0.2) is 21.7 Å². The molecule has 1 aromatic heterocycles. The zero-order valence-corrected chi connectivity index (χ0v) is 14.4. The van der Waals surface area contributed by atoms with Crippen molar-refractivity contribution in [2.24, 2.45) is 16.1 Å². The fourth-order valence-corrected chi connectivity index (χ4v) is 2.62. The number of carbonyl (C=O) groups is 1. The number of aromatic nitrogens is 2. The van der Waals surface area contributed by atoms with Crippen molar-refractivity contribution in [2.45, 2.75) is 26.6 Å². The van der Waals surface area contributed by atoms with Crippen molar-refractivity contribution in [2.75, 3.05) is 0 Å². The van der Waals surface area contributed by atoms with Gasteiger partial charge in [-0.15, -0.1) is 10.2 Å². The fourth-order valence-electron chi connectivity index (χ4n) is 2.62. The van der Waals surface area contributed by atoms with Crippen LogP contribution in [0.1, 0.15) is 26.3 Å². The first-order chi connectivity index (χ1) is 12.0. The molecule has 1 unspecified atom stereocenters. The quantitative estimate of drug-likeness (QED) is 0.840. The van der Waals surface area contributed by atoms with E-state index in [0.29, 0.717) is 5.57 Å². The average Bonchev–Trinajstić information content (AvgIpc) is 2.61. The van der Waals surface area contributed by atoms with Gasteiger partial charge in [0.1, 0.15) is 0 Å². The Kier molecular flexibility index (Phi) is 4.56. The smallest absolute Gasteiger partial charge is 0.268 e. The average molecular weight is 336 g/mol. The van der Waals surface area contributed by atoms with Crippen LogP contribution < -0.4 is 10.6 Å². The van der Waals surface area contributed by atoms with Crippen LogP contribution in [0.25, 0.3) is 5.57 Å². The van der Waals surface area contributed by atoms with Crippen LogP contribution in [-0.2, 0) is 4.79 Å². The molecule has 1 aromatic carbocycles. The van der Waals surface area contributed by atoms with Gasteiger partial charge < -0.3 is 10.6 Å². The van der Waals surface area contributed by atoms with E-state index in [2.05, 4.69) is 30.8 Å². The molecule has 7 nitrogen and oxygen atoms in total. The minimum atomic E-state index is -1.06. The second-order valence-electron chi connectivity index (χ2n) is 6.21. The van der Waals surface area contributed by atoms with Gasteiger partial charge in [0.25, 0.3) is 11.9 Å². The minimum Gasteiger partial charge on any atom is -0.346 e. The van der Waals surface area contributed by atoms with Gasteiger partial charge in [-0.2, -0.15) is 0 Å². The Morgan fingerprint density at radius 1 is 1.04 bits per heavy atom. The first-order valence-electron chi connectivity index (χ1n) is 8.09. The molecule has 1 aliphatic heterocycles. The van der Waals surface area contributed by atoms with E-state index in [1.54, 1.807) is 25.4 Å². The third-order valence-electron chi connectivity index (χ3n) is 3.76. The van der Waals surface area contributed by atoms with Gasteiger partial charge in [-0.1, -0.05) is 44.2 Å². The minimum absolute atomic E-state index is 0.115. The number of amides is 1. The van der Waals surface area contributed by atoms with Gasteiger partial charge in [0, 0.05) is 25.0 Å². The number of hydrogen-bond donors (Lipinski definition) is 2. The summed E-state index contributed by atoms with van der Waals surface area (Å²) in [5, 5.41) is 14.4. The van der Waals surface area contributed by atoms with Gasteiger partial charge in [0.05, 0.1) is 5.57 Å². The Balaban J connectivity index is 1.96. The summed E-state index contributed by atoms with van der Waals surface area (Å²) in [6, 6.07) is 11.3. The molecule has 7 heteroatoms. The van der Waals surface area contributed by atoms with Crippen LogP contribution in [0.3, 0.4) is 0 Å². The second-order valence-corrected chi connectivity index (χ2v) is 6.21. The number of rotatable bonds is 4. The topological polar surface area (TPSA) is 91.6 Å². The highest BCUT2D eigenvalue weighted by molar-refractivity contribution is 6.21. The summed E-state index contributed by atoms with van der Waals surface area (Å²) in [4.78, 5) is 20.8. The molecule has 0 fully saturated rings. The van der Waals surface area contributed by atoms with Gasteiger partial charge in [-0.3, -0.25) is 4.79 Å². The van der Waals surface area contributed by atoms with Crippen LogP contribution in [0.15, 0.2) is 64.7 Å². The van der Waals surface area contributed by atoms with Crippen LogP contribution >= 0.6 is 0 Å². The Hall–Kier alpha value is -3.09. The first kappa shape index (κ1) is 16.8. The monoisotopic (exact) mass is 336 g/mol. The van der Waals surface area contributed by atoms with Crippen molar-refractivity contribution in [3.63, 3.8) is 0 Å². The molecule has 0 saturated carbocycles. The lowest BCUT2D eigenvalue weighted by Crippen LogP contribution is -2.59. The molecular weight excluding hydrogens is 316 g/mol. The van der Waals surface area contributed by atoms with Gasteiger partial charge in [0.15, 0.2) is 0 Å². The highest BCUT2D eigenvalue weighted by atomic mass is 16.2. The Morgan fingerprint density at radius 2 is 1.72 bits per heavy atom. The number of carbonyl (C=O) groups excluding carboxylic acids is 1. The molecule has 128 valence electrons. The summed E-state index contributed by atoms with van der Waals surface area (Å²) in [7, 11) is 0. The Labute approximate surface area is 146 Å². The summed E-state index contributed by atoms with van der Waals surface area (Å²) in [5.74, 6) is -0.898. The lowest BCUT2D eigenvalue weighted by atomic mass is 9.94. The highest BCUT2D eigenvalue weighted by Crippen LogP contribution is 2.28. The molecule has 1 amide bonds. The van der Waals surface area contributed by atoms with Crippen molar-refractivity contribution in [1.82, 2.24) is 20.6 Å². The van der Waals surface area contributed by atoms with Gasteiger partial charge in [-0.05, 0) is 17.5 Å². The summed E-state index contributed by atoms with van der Waals surface area (Å²) in [5.41, 5.74) is 2.31. The van der Waals surface area contributed by atoms with Crippen molar-refractivity contribution >= 4 is 17.4 Å². The third kappa shape index (κ3) is 3.71. The summed E-state index contributed by atoms with van der Waals surface area (Å²) < 4.78 is 0. The van der Waals surface area contributed by atoms with E-state index in [1.165, 1.54) is 0 Å². The number of benzene rings is 1. The molecule has 0 spiro atoms. The Morgan fingerprint density at radius 3 is 2.36 bits per heavy atom. The van der Waals surface area contributed by atoms with Gasteiger partial charge >= 0.3 is 0 Å². The van der Waals surface area contributed by atoms with Gasteiger partial charge in [-0.25, -0.2) is 9.97 Å². The van der Waals surface area contributed by atoms with Crippen molar-refractivity contribution < 1.29 is 4.79 Å². The molecular formula is C18H20N6O. The maximum Gasteiger partial charge on any atom is 0.268 e. The standard InChI is InChI=1S/C18H20N6O/c1-12(2)15-14(13-8-5-4-6-9-13)16(25)22-18(3,21-15)24-23-17-19-10-7-11-20-17/h4-12,21H,1-3H3,(H,22,25). The SMILES string of the molecule is CC(C)C1=C(c2ccccc2)C(=O)NC(C)(N=Nc2ncccn2)N1. The predicted octanol–water partition coefficient (Wildman–Crippen LogP) is 3.02. The maximum absolute atomic E-state index is 12.8. The van der Waals surface area contributed by atoms with Crippen molar-refractivity contribution in [3.8, 4) is 0 Å². The molecule has 2 N–H and O–H groups in total. The summed E-state index contributed by atoms with van der Waals surface area (Å²) in [6.07, 6.45) is 3.17. The van der Waals surface area contributed by atoms with Crippen molar-refractivity contribution in [1.29, 1.82) is 0 Å². The number of hydrogen-bond acceptors (Lipinski definition) is 6. The van der Waals surface area contributed by atoms with Crippen LogP contribution in [0.2, 0.25) is 0 Å².